The van der Waals surface area contributed by atoms with E-state index >= 15 is 0 Å². The van der Waals surface area contributed by atoms with Gasteiger partial charge in [-0.2, -0.15) is 0 Å². The van der Waals surface area contributed by atoms with Crippen LogP contribution in [-0.2, 0) is 0 Å². The normalized spacial score (nSPS) is 23.1. The van der Waals surface area contributed by atoms with Crippen molar-refractivity contribution in [2.75, 3.05) is 36.9 Å². The van der Waals surface area contributed by atoms with Gasteiger partial charge in [-0.1, -0.05) is 18.2 Å². The van der Waals surface area contributed by atoms with Crippen LogP contribution < -0.4 is 15.5 Å². The SMILES string of the molecule is Cc1cc(Nc2ccccc2)cc2c1N(C)C[C@H]1CNC[C@@H]21. The van der Waals surface area contributed by atoms with Crippen molar-refractivity contribution < 1.29 is 0 Å². The van der Waals surface area contributed by atoms with Crippen LogP contribution in [0, 0.1) is 12.8 Å². The fourth-order valence-electron chi connectivity index (χ4n) is 4.10. The number of hydrogen-bond acceptors (Lipinski definition) is 3. The van der Waals surface area contributed by atoms with Crippen molar-refractivity contribution in [3.63, 3.8) is 0 Å². The average molecular weight is 293 g/mol. The molecule has 4 rings (SSSR count). The highest BCUT2D eigenvalue weighted by Crippen LogP contribution is 2.43. The molecule has 0 unspecified atom stereocenters. The molecule has 1 fully saturated rings. The fourth-order valence-corrected chi connectivity index (χ4v) is 4.10. The molecular weight excluding hydrogens is 270 g/mol. The minimum absolute atomic E-state index is 0.655. The fraction of sp³-hybridized carbons (Fsp3) is 0.368. The topological polar surface area (TPSA) is 27.3 Å². The molecule has 114 valence electrons. The van der Waals surface area contributed by atoms with Gasteiger partial charge in [-0.25, -0.2) is 0 Å². The van der Waals surface area contributed by atoms with Gasteiger partial charge in [0, 0.05) is 49.7 Å². The van der Waals surface area contributed by atoms with Crippen LogP contribution in [0.1, 0.15) is 17.0 Å². The highest BCUT2D eigenvalue weighted by molar-refractivity contribution is 5.71. The maximum atomic E-state index is 3.57. The van der Waals surface area contributed by atoms with Crippen molar-refractivity contribution >= 4 is 17.1 Å². The average Bonchev–Trinajstić information content (AvgIpc) is 2.96. The second-order valence-corrected chi connectivity index (χ2v) is 6.63. The zero-order valence-electron chi connectivity index (χ0n) is 13.3. The number of anilines is 3. The van der Waals surface area contributed by atoms with Crippen LogP contribution in [0.5, 0.6) is 0 Å². The molecule has 1 saturated heterocycles. The van der Waals surface area contributed by atoms with Crippen molar-refractivity contribution in [3.8, 4) is 0 Å². The van der Waals surface area contributed by atoms with Crippen LogP contribution >= 0.6 is 0 Å². The van der Waals surface area contributed by atoms with Crippen LogP contribution in [0.25, 0.3) is 0 Å². The molecule has 0 aromatic heterocycles. The number of aryl methyl sites for hydroxylation is 1. The molecule has 0 bridgehead atoms. The number of hydrogen-bond donors (Lipinski definition) is 2. The lowest BCUT2D eigenvalue weighted by Crippen LogP contribution is -2.35. The van der Waals surface area contributed by atoms with E-state index in [-0.39, 0.29) is 0 Å². The van der Waals surface area contributed by atoms with E-state index in [2.05, 4.69) is 65.9 Å². The molecule has 2 N–H and O–H groups in total. The molecule has 3 heteroatoms. The lowest BCUT2D eigenvalue weighted by Gasteiger charge is -2.37. The zero-order valence-corrected chi connectivity index (χ0v) is 13.3. The number of para-hydroxylation sites is 1. The Bertz CT molecular complexity index is 681. The summed E-state index contributed by atoms with van der Waals surface area (Å²) in [6.07, 6.45) is 0. The van der Waals surface area contributed by atoms with Gasteiger partial charge in [-0.15, -0.1) is 0 Å². The van der Waals surface area contributed by atoms with Gasteiger partial charge in [0.2, 0.25) is 0 Å². The first-order chi connectivity index (χ1) is 10.7. The van der Waals surface area contributed by atoms with Gasteiger partial charge in [0.25, 0.3) is 0 Å². The maximum Gasteiger partial charge on any atom is 0.0430 e. The highest BCUT2D eigenvalue weighted by Gasteiger charge is 2.36. The molecule has 2 aliphatic rings. The number of benzene rings is 2. The molecule has 2 aliphatic heterocycles. The summed E-state index contributed by atoms with van der Waals surface area (Å²) in [6.45, 7) is 5.65. The van der Waals surface area contributed by atoms with E-state index in [0.717, 1.165) is 31.2 Å². The Hall–Kier alpha value is -2.00. The molecule has 2 aromatic carbocycles. The first-order valence-corrected chi connectivity index (χ1v) is 8.11. The summed E-state index contributed by atoms with van der Waals surface area (Å²) in [5, 5.41) is 7.12. The molecule has 0 saturated carbocycles. The summed E-state index contributed by atoms with van der Waals surface area (Å²) in [4.78, 5) is 2.44. The van der Waals surface area contributed by atoms with Crippen LogP contribution in [0.3, 0.4) is 0 Å². The maximum absolute atomic E-state index is 3.57. The number of nitrogens with zero attached hydrogens (tertiary/aromatic N) is 1. The minimum Gasteiger partial charge on any atom is -0.374 e. The third kappa shape index (κ3) is 2.26. The lowest BCUT2D eigenvalue weighted by atomic mass is 9.82. The van der Waals surface area contributed by atoms with E-state index in [4.69, 9.17) is 0 Å². The molecule has 2 aromatic rings. The second kappa shape index (κ2) is 5.33. The van der Waals surface area contributed by atoms with Crippen LogP contribution in [-0.4, -0.2) is 26.7 Å². The van der Waals surface area contributed by atoms with E-state index < -0.39 is 0 Å². The van der Waals surface area contributed by atoms with Gasteiger partial charge in [0.15, 0.2) is 0 Å². The number of fused-ring (bicyclic) bond motifs is 3. The number of rotatable bonds is 2. The smallest absolute Gasteiger partial charge is 0.0430 e. The van der Waals surface area contributed by atoms with Crippen LogP contribution in [0.4, 0.5) is 17.1 Å². The van der Waals surface area contributed by atoms with E-state index in [0.29, 0.717) is 5.92 Å². The van der Waals surface area contributed by atoms with E-state index in [1.807, 2.05) is 6.07 Å². The van der Waals surface area contributed by atoms with Crippen molar-refractivity contribution in [3.05, 3.63) is 53.6 Å². The van der Waals surface area contributed by atoms with E-state index in [9.17, 15) is 0 Å². The van der Waals surface area contributed by atoms with Crippen LogP contribution in [0.15, 0.2) is 42.5 Å². The van der Waals surface area contributed by atoms with Crippen molar-refractivity contribution in [1.82, 2.24) is 5.32 Å². The summed E-state index contributed by atoms with van der Waals surface area (Å²) < 4.78 is 0. The van der Waals surface area contributed by atoms with E-state index in [1.165, 1.54) is 22.5 Å². The molecule has 0 radical (unpaired) electrons. The summed E-state index contributed by atoms with van der Waals surface area (Å²) >= 11 is 0. The lowest BCUT2D eigenvalue weighted by molar-refractivity contribution is 0.496. The summed E-state index contributed by atoms with van der Waals surface area (Å²) in [5.74, 6) is 1.39. The van der Waals surface area contributed by atoms with Gasteiger partial charge >= 0.3 is 0 Å². The zero-order chi connectivity index (χ0) is 15.1. The molecule has 22 heavy (non-hydrogen) atoms. The molecule has 0 amide bonds. The number of nitrogens with one attached hydrogen (secondary N) is 2. The van der Waals surface area contributed by atoms with E-state index in [1.54, 1.807) is 0 Å². The third-order valence-corrected chi connectivity index (χ3v) is 5.02. The van der Waals surface area contributed by atoms with Crippen molar-refractivity contribution in [1.29, 1.82) is 0 Å². The van der Waals surface area contributed by atoms with Gasteiger partial charge in [-0.3, -0.25) is 0 Å². The van der Waals surface area contributed by atoms with Gasteiger partial charge < -0.3 is 15.5 Å². The largest absolute Gasteiger partial charge is 0.374 e. The highest BCUT2D eigenvalue weighted by atomic mass is 15.1. The Morgan fingerprint density at radius 3 is 2.73 bits per heavy atom. The second-order valence-electron chi connectivity index (χ2n) is 6.63. The molecule has 0 spiro atoms. The Balaban J connectivity index is 1.74. The predicted molar refractivity (Wildman–Crippen MR) is 93.3 cm³/mol. The Morgan fingerprint density at radius 1 is 1.09 bits per heavy atom. The Kier molecular flexibility index (Phi) is 3.30. The molecular formula is C19H23N3. The van der Waals surface area contributed by atoms with Gasteiger partial charge in [0.05, 0.1) is 0 Å². The van der Waals surface area contributed by atoms with Crippen molar-refractivity contribution in [2.45, 2.75) is 12.8 Å². The molecule has 3 nitrogen and oxygen atoms in total. The Morgan fingerprint density at radius 2 is 1.91 bits per heavy atom. The van der Waals surface area contributed by atoms with Gasteiger partial charge in [0.1, 0.15) is 0 Å². The standard InChI is InChI=1S/C19H23N3/c1-13-8-16(21-15-6-4-3-5-7-15)9-17-18-11-20-10-14(18)12-22(2)19(13)17/h3-9,14,18,20-21H,10-12H2,1-2H3/t14-,18-/m1/s1. The first-order valence-electron chi connectivity index (χ1n) is 8.11. The minimum atomic E-state index is 0.655. The quantitative estimate of drug-likeness (QED) is 0.887. The molecule has 0 aliphatic carbocycles. The van der Waals surface area contributed by atoms with Crippen LogP contribution in [0.2, 0.25) is 0 Å². The Labute approximate surface area is 132 Å². The van der Waals surface area contributed by atoms with Crippen molar-refractivity contribution in [2.24, 2.45) is 5.92 Å². The van der Waals surface area contributed by atoms with Gasteiger partial charge in [-0.05, 0) is 48.2 Å². The molecule has 2 heterocycles. The predicted octanol–water partition coefficient (Wildman–Crippen LogP) is 3.49. The summed E-state index contributed by atoms with van der Waals surface area (Å²) in [6, 6.07) is 15.0. The summed E-state index contributed by atoms with van der Waals surface area (Å²) in [7, 11) is 2.23. The third-order valence-electron chi connectivity index (χ3n) is 5.02. The first kappa shape index (κ1) is 13.6. The monoisotopic (exact) mass is 293 g/mol. The summed E-state index contributed by atoms with van der Waals surface area (Å²) in [5.41, 5.74) is 6.64. The molecule has 2 atom stereocenters.